The SMILES string of the molecule is CC.NC(=O)CC1CNC(c2c(O)ccc(Cl)c2Cl)C1. The molecule has 1 saturated heterocycles. The first-order valence-corrected chi connectivity index (χ1v) is 7.43. The van der Waals surface area contributed by atoms with Crippen LogP contribution < -0.4 is 11.1 Å². The van der Waals surface area contributed by atoms with Crippen molar-refractivity contribution in [3.63, 3.8) is 0 Å². The zero-order valence-electron chi connectivity index (χ0n) is 11.6. The zero-order chi connectivity index (χ0) is 15.3. The number of rotatable bonds is 3. The smallest absolute Gasteiger partial charge is 0.217 e. The topological polar surface area (TPSA) is 75.4 Å². The number of carbonyl (C=O) groups excluding carboxylic acids is 1. The monoisotopic (exact) mass is 318 g/mol. The van der Waals surface area contributed by atoms with Crippen molar-refractivity contribution in [1.82, 2.24) is 5.32 Å². The predicted molar refractivity (Wildman–Crippen MR) is 82.1 cm³/mol. The van der Waals surface area contributed by atoms with E-state index >= 15 is 0 Å². The molecule has 4 N–H and O–H groups in total. The van der Waals surface area contributed by atoms with Gasteiger partial charge in [0.25, 0.3) is 0 Å². The van der Waals surface area contributed by atoms with Gasteiger partial charge in [-0.25, -0.2) is 0 Å². The molecule has 2 rings (SSSR count). The molecule has 1 fully saturated rings. The number of phenols is 1. The van der Waals surface area contributed by atoms with Gasteiger partial charge in [0.05, 0.1) is 10.0 Å². The van der Waals surface area contributed by atoms with Gasteiger partial charge in [-0.2, -0.15) is 0 Å². The van der Waals surface area contributed by atoms with Gasteiger partial charge in [-0.05, 0) is 31.0 Å². The maximum absolute atomic E-state index is 10.9. The van der Waals surface area contributed by atoms with Crippen molar-refractivity contribution in [2.24, 2.45) is 11.7 Å². The molecule has 20 heavy (non-hydrogen) atoms. The summed E-state index contributed by atoms with van der Waals surface area (Å²) >= 11 is 12.0. The van der Waals surface area contributed by atoms with Crippen LogP contribution in [-0.4, -0.2) is 17.6 Å². The molecule has 1 aromatic rings. The Morgan fingerprint density at radius 1 is 1.45 bits per heavy atom. The summed E-state index contributed by atoms with van der Waals surface area (Å²) in [5.41, 5.74) is 5.77. The Labute approximate surface area is 129 Å². The van der Waals surface area contributed by atoms with E-state index in [1.54, 1.807) is 6.07 Å². The quantitative estimate of drug-likeness (QED) is 0.800. The minimum atomic E-state index is -0.316. The molecule has 2 unspecified atom stereocenters. The summed E-state index contributed by atoms with van der Waals surface area (Å²) in [7, 11) is 0. The lowest BCUT2D eigenvalue weighted by Gasteiger charge is -2.15. The fourth-order valence-corrected chi connectivity index (χ4v) is 2.81. The Morgan fingerprint density at radius 3 is 2.70 bits per heavy atom. The van der Waals surface area contributed by atoms with Crippen molar-refractivity contribution in [2.75, 3.05) is 6.54 Å². The average molecular weight is 319 g/mol. The van der Waals surface area contributed by atoms with Gasteiger partial charge < -0.3 is 16.2 Å². The lowest BCUT2D eigenvalue weighted by Crippen LogP contribution is -2.18. The van der Waals surface area contributed by atoms with E-state index in [2.05, 4.69) is 5.32 Å². The molecule has 1 aliphatic heterocycles. The molecule has 0 saturated carbocycles. The molecule has 0 spiro atoms. The van der Waals surface area contributed by atoms with Crippen LogP contribution in [0.15, 0.2) is 12.1 Å². The zero-order valence-corrected chi connectivity index (χ0v) is 13.1. The van der Waals surface area contributed by atoms with E-state index in [1.807, 2.05) is 13.8 Å². The highest BCUT2D eigenvalue weighted by Crippen LogP contribution is 2.41. The molecule has 0 radical (unpaired) electrons. The van der Waals surface area contributed by atoms with Gasteiger partial charge in [-0.15, -0.1) is 0 Å². The summed E-state index contributed by atoms with van der Waals surface area (Å²) < 4.78 is 0. The summed E-state index contributed by atoms with van der Waals surface area (Å²) in [4.78, 5) is 10.9. The lowest BCUT2D eigenvalue weighted by atomic mass is 9.97. The minimum absolute atomic E-state index is 0.0967. The summed E-state index contributed by atoms with van der Waals surface area (Å²) in [5, 5.41) is 13.9. The van der Waals surface area contributed by atoms with Crippen LogP contribution in [0.3, 0.4) is 0 Å². The molecular formula is C14H20Cl2N2O2. The molecular weight excluding hydrogens is 299 g/mol. The predicted octanol–water partition coefficient (Wildman–Crippen LogP) is 3.25. The highest BCUT2D eigenvalue weighted by atomic mass is 35.5. The van der Waals surface area contributed by atoms with Gasteiger partial charge in [0.15, 0.2) is 0 Å². The van der Waals surface area contributed by atoms with Gasteiger partial charge in [0.2, 0.25) is 5.91 Å². The molecule has 0 aromatic heterocycles. The van der Waals surface area contributed by atoms with Crippen molar-refractivity contribution in [3.8, 4) is 5.75 Å². The normalized spacial score (nSPS) is 21.2. The third-order valence-electron chi connectivity index (χ3n) is 3.17. The Hall–Kier alpha value is -0.970. The van der Waals surface area contributed by atoms with E-state index in [0.717, 1.165) is 0 Å². The first-order valence-electron chi connectivity index (χ1n) is 6.67. The minimum Gasteiger partial charge on any atom is -0.508 e. The number of carbonyl (C=O) groups is 1. The van der Waals surface area contributed by atoms with Crippen LogP contribution in [0.5, 0.6) is 5.75 Å². The second kappa shape index (κ2) is 7.72. The number of amides is 1. The molecule has 0 aliphatic carbocycles. The molecule has 1 amide bonds. The second-order valence-corrected chi connectivity index (χ2v) is 5.31. The third kappa shape index (κ3) is 4.01. The van der Waals surface area contributed by atoms with Crippen LogP contribution in [0.25, 0.3) is 0 Å². The molecule has 6 heteroatoms. The van der Waals surface area contributed by atoms with Crippen LogP contribution >= 0.6 is 23.2 Å². The fourth-order valence-electron chi connectivity index (χ4n) is 2.36. The van der Waals surface area contributed by atoms with Crippen LogP contribution in [0.2, 0.25) is 10.0 Å². The highest BCUT2D eigenvalue weighted by Gasteiger charge is 2.30. The number of aromatic hydroxyl groups is 1. The number of nitrogens with one attached hydrogen (secondary N) is 1. The molecule has 4 nitrogen and oxygen atoms in total. The highest BCUT2D eigenvalue weighted by molar-refractivity contribution is 6.42. The van der Waals surface area contributed by atoms with E-state index in [1.165, 1.54) is 6.07 Å². The second-order valence-electron chi connectivity index (χ2n) is 4.53. The Morgan fingerprint density at radius 2 is 2.10 bits per heavy atom. The van der Waals surface area contributed by atoms with Crippen molar-refractivity contribution < 1.29 is 9.90 Å². The van der Waals surface area contributed by atoms with Crippen LogP contribution in [0.1, 0.15) is 38.3 Å². The number of hydrogen-bond donors (Lipinski definition) is 3. The van der Waals surface area contributed by atoms with E-state index in [0.29, 0.717) is 35.0 Å². The van der Waals surface area contributed by atoms with Gasteiger partial charge in [0.1, 0.15) is 5.75 Å². The molecule has 2 atom stereocenters. The molecule has 1 aromatic carbocycles. The number of primary amides is 1. The van der Waals surface area contributed by atoms with Crippen molar-refractivity contribution >= 4 is 29.1 Å². The first kappa shape index (κ1) is 17.1. The number of nitrogens with two attached hydrogens (primary N) is 1. The van der Waals surface area contributed by atoms with Crippen molar-refractivity contribution in [2.45, 2.75) is 32.7 Å². The van der Waals surface area contributed by atoms with E-state index in [9.17, 15) is 9.90 Å². The van der Waals surface area contributed by atoms with Crippen LogP contribution in [-0.2, 0) is 4.79 Å². The van der Waals surface area contributed by atoms with Gasteiger partial charge in [0, 0.05) is 18.0 Å². The summed E-state index contributed by atoms with van der Waals surface area (Å²) in [6, 6.07) is 2.98. The van der Waals surface area contributed by atoms with Crippen molar-refractivity contribution in [3.05, 3.63) is 27.7 Å². The van der Waals surface area contributed by atoms with Gasteiger partial charge in [-0.3, -0.25) is 4.79 Å². The summed E-state index contributed by atoms with van der Waals surface area (Å²) in [6.45, 7) is 4.68. The maximum atomic E-state index is 10.9. The van der Waals surface area contributed by atoms with E-state index in [4.69, 9.17) is 28.9 Å². The number of benzene rings is 1. The van der Waals surface area contributed by atoms with Crippen LogP contribution in [0.4, 0.5) is 0 Å². The standard InChI is InChI=1S/C12H14Cl2N2O2.C2H6/c13-7-1-2-9(17)11(12(7)14)8-3-6(5-16-8)4-10(15)18;1-2/h1-2,6,8,16-17H,3-5H2,(H2,15,18);1-2H3. The Bertz CT molecular complexity index is 480. The van der Waals surface area contributed by atoms with Crippen LogP contribution in [0, 0.1) is 5.92 Å². The molecule has 0 bridgehead atoms. The largest absolute Gasteiger partial charge is 0.508 e. The van der Waals surface area contributed by atoms with Crippen molar-refractivity contribution in [1.29, 1.82) is 0 Å². The third-order valence-corrected chi connectivity index (χ3v) is 3.99. The first-order chi connectivity index (χ1) is 9.49. The molecule has 1 heterocycles. The fraction of sp³-hybridized carbons (Fsp3) is 0.500. The van der Waals surface area contributed by atoms with E-state index in [-0.39, 0.29) is 23.6 Å². The van der Waals surface area contributed by atoms with Gasteiger partial charge >= 0.3 is 0 Å². The maximum Gasteiger partial charge on any atom is 0.217 e. The number of phenolic OH excluding ortho intramolecular Hbond substituents is 1. The van der Waals surface area contributed by atoms with Gasteiger partial charge in [-0.1, -0.05) is 37.0 Å². The molecule has 1 aliphatic rings. The Kier molecular flexibility index (Phi) is 6.59. The number of hydrogen-bond acceptors (Lipinski definition) is 3. The summed E-state index contributed by atoms with van der Waals surface area (Å²) in [6.07, 6.45) is 1.04. The van der Waals surface area contributed by atoms with E-state index < -0.39 is 0 Å². The summed E-state index contributed by atoms with van der Waals surface area (Å²) in [5.74, 6) is -0.0348. The number of halogens is 2. The average Bonchev–Trinajstić information content (AvgIpc) is 2.84. The molecule has 112 valence electrons. The Balaban J connectivity index is 0.000000956. The lowest BCUT2D eigenvalue weighted by molar-refractivity contribution is -0.118.